The number of nitrogens with one attached hydrogen (secondary N) is 1. The van der Waals surface area contributed by atoms with Gasteiger partial charge in [-0.25, -0.2) is 0 Å². The van der Waals surface area contributed by atoms with Crippen molar-refractivity contribution in [3.05, 3.63) is 58.1 Å². The van der Waals surface area contributed by atoms with Gasteiger partial charge in [-0.05, 0) is 53.2 Å². The summed E-state index contributed by atoms with van der Waals surface area (Å²) in [6.45, 7) is 1.47. The fourth-order valence-electron chi connectivity index (χ4n) is 1.67. The fraction of sp³-hybridized carbons (Fsp3) is 0.0667. The molecule has 0 radical (unpaired) electrons. The van der Waals surface area contributed by atoms with Crippen LogP contribution >= 0.6 is 15.9 Å². The molecule has 0 unspecified atom stereocenters. The molecule has 0 heterocycles. The normalized spacial score (nSPS) is 10.1. The Morgan fingerprint density at radius 2 is 1.85 bits per heavy atom. The fourth-order valence-corrected chi connectivity index (χ4v) is 1.92. The number of anilines is 1. The van der Waals surface area contributed by atoms with Crippen molar-refractivity contribution in [3.8, 4) is 5.75 Å². The molecule has 0 spiro atoms. The molecule has 20 heavy (non-hydrogen) atoms. The highest BCUT2D eigenvalue weighted by Gasteiger charge is 2.09. The molecule has 2 N–H and O–H groups in total. The zero-order chi connectivity index (χ0) is 14.7. The van der Waals surface area contributed by atoms with Gasteiger partial charge in [0.25, 0.3) is 5.91 Å². The molecule has 0 aliphatic rings. The number of Topliss-reactive ketones (excluding diaryl/α,β-unsaturated/α-hetero) is 1. The molecule has 0 aliphatic heterocycles. The van der Waals surface area contributed by atoms with Gasteiger partial charge in [-0.3, -0.25) is 9.59 Å². The van der Waals surface area contributed by atoms with Crippen LogP contribution in [0.3, 0.4) is 0 Å². The van der Waals surface area contributed by atoms with E-state index in [2.05, 4.69) is 21.2 Å². The Labute approximate surface area is 124 Å². The van der Waals surface area contributed by atoms with E-state index in [1.165, 1.54) is 13.0 Å². The van der Waals surface area contributed by atoms with E-state index in [4.69, 9.17) is 0 Å². The zero-order valence-corrected chi connectivity index (χ0v) is 12.3. The highest BCUT2D eigenvalue weighted by Crippen LogP contribution is 2.24. The second-order valence-corrected chi connectivity index (χ2v) is 5.11. The summed E-state index contributed by atoms with van der Waals surface area (Å²) in [4.78, 5) is 23.3. The maximum Gasteiger partial charge on any atom is 0.255 e. The number of rotatable bonds is 3. The highest BCUT2D eigenvalue weighted by molar-refractivity contribution is 9.10. The largest absolute Gasteiger partial charge is 0.507 e. The van der Waals surface area contributed by atoms with Crippen LogP contribution < -0.4 is 5.32 Å². The number of hydrogen-bond acceptors (Lipinski definition) is 3. The maximum atomic E-state index is 12.0. The lowest BCUT2D eigenvalue weighted by atomic mass is 10.1. The molecule has 0 fully saturated rings. The van der Waals surface area contributed by atoms with Gasteiger partial charge in [-0.2, -0.15) is 0 Å². The minimum absolute atomic E-state index is 0.00450. The number of carbonyl (C=O) groups is 2. The van der Waals surface area contributed by atoms with Gasteiger partial charge in [0.05, 0.1) is 4.47 Å². The van der Waals surface area contributed by atoms with Crippen LogP contribution in [0, 0.1) is 0 Å². The minimum atomic E-state index is -0.353. The zero-order valence-electron chi connectivity index (χ0n) is 10.7. The molecular formula is C15H12BrNO3. The standard InChI is InChI=1S/C15H12BrNO3/c1-9(18)10-3-2-4-12(7-10)17-15(20)11-5-6-13(16)14(19)8-11/h2-8,19H,1H3,(H,17,20). The first kappa shape index (κ1) is 14.3. The molecule has 2 aromatic rings. The van der Waals surface area contributed by atoms with Crippen LogP contribution in [0.25, 0.3) is 0 Å². The second kappa shape index (κ2) is 5.88. The monoisotopic (exact) mass is 333 g/mol. The third-order valence-corrected chi connectivity index (χ3v) is 3.41. The molecule has 0 saturated heterocycles. The third kappa shape index (κ3) is 3.24. The lowest BCUT2D eigenvalue weighted by molar-refractivity contribution is 0.101. The Bertz CT molecular complexity index is 683. The van der Waals surface area contributed by atoms with Crippen molar-refractivity contribution < 1.29 is 14.7 Å². The van der Waals surface area contributed by atoms with Gasteiger partial charge < -0.3 is 10.4 Å². The van der Waals surface area contributed by atoms with Crippen molar-refractivity contribution in [2.75, 3.05) is 5.32 Å². The van der Waals surface area contributed by atoms with Crippen molar-refractivity contribution in [1.82, 2.24) is 0 Å². The lowest BCUT2D eigenvalue weighted by Crippen LogP contribution is -2.12. The molecule has 5 heteroatoms. The SMILES string of the molecule is CC(=O)c1cccc(NC(=O)c2ccc(Br)c(O)c2)c1. The molecule has 0 aromatic heterocycles. The number of hydrogen-bond donors (Lipinski definition) is 2. The smallest absolute Gasteiger partial charge is 0.255 e. The van der Waals surface area contributed by atoms with Crippen LogP contribution in [-0.2, 0) is 0 Å². The van der Waals surface area contributed by atoms with E-state index >= 15 is 0 Å². The number of ketones is 1. The number of amides is 1. The minimum Gasteiger partial charge on any atom is -0.507 e. The Balaban J connectivity index is 2.21. The predicted molar refractivity (Wildman–Crippen MR) is 80.2 cm³/mol. The third-order valence-electron chi connectivity index (χ3n) is 2.74. The van der Waals surface area contributed by atoms with E-state index in [0.717, 1.165) is 0 Å². The number of carbonyl (C=O) groups excluding carboxylic acids is 2. The van der Waals surface area contributed by atoms with Crippen molar-refractivity contribution >= 4 is 33.3 Å². The summed E-state index contributed by atoms with van der Waals surface area (Å²) >= 11 is 3.15. The average Bonchev–Trinajstić information content (AvgIpc) is 2.42. The summed E-state index contributed by atoms with van der Waals surface area (Å²) in [5.41, 5.74) is 1.39. The Kier molecular flexibility index (Phi) is 4.20. The van der Waals surface area contributed by atoms with Gasteiger partial charge in [0.15, 0.2) is 5.78 Å². The molecule has 0 atom stereocenters. The predicted octanol–water partition coefficient (Wildman–Crippen LogP) is 3.61. The quantitative estimate of drug-likeness (QED) is 0.843. The maximum absolute atomic E-state index is 12.0. The summed E-state index contributed by atoms with van der Waals surface area (Å²) < 4.78 is 0.521. The highest BCUT2D eigenvalue weighted by atomic mass is 79.9. The van der Waals surface area contributed by atoms with Crippen molar-refractivity contribution in [2.45, 2.75) is 6.92 Å². The number of benzene rings is 2. The number of phenolic OH excluding ortho intramolecular Hbond substituents is 1. The Morgan fingerprint density at radius 1 is 1.10 bits per heavy atom. The molecule has 1 amide bonds. The van der Waals surface area contributed by atoms with Crippen molar-refractivity contribution in [2.24, 2.45) is 0 Å². The lowest BCUT2D eigenvalue weighted by Gasteiger charge is -2.07. The molecule has 0 bridgehead atoms. The first-order chi connectivity index (χ1) is 9.47. The van der Waals surface area contributed by atoms with E-state index < -0.39 is 0 Å². The first-order valence-corrected chi connectivity index (χ1v) is 6.67. The Hall–Kier alpha value is -2.14. The van der Waals surface area contributed by atoms with Gasteiger partial charge in [-0.1, -0.05) is 12.1 Å². The number of aromatic hydroxyl groups is 1. The van der Waals surface area contributed by atoms with E-state index in [0.29, 0.717) is 21.3 Å². The summed E-state index contributed by atoms with van der Waals surface area (Å²) in [5, 5.41) is 12.2. The van der Waals surface area contributed by atoms with E-state index in [1.54, 1.807) is 36.4 Å². The molecule has 2 rings (SSSR count). The van der Waals surface area contributed by atoms with E-state index in [-0.39, 0.29) is 17.4 Å². The van der Waals surface area contributed by atoms with Crippen LogP contribution in [0.15, 0.2) is 46.9 Å². The van der Waals surface area contributed by atoms with Crippen LogP contribution in [-0.4, -0.2) is 16.8 Å². The number of phenols is 1. The summed E-state index contributed by atoms with van der Waals surface area (Å²) in [6, 6.07) is 11.2. The Morgan fingerprint density at radius 3 is 2.50 bits per heavy atom. The van der Waals surface area contributed by atoms with E-state index in [9.17, 15) is 14.7 Å². The summed E-state index contributed by atoms with van der Waals surface area (Å²) in [7, 11) is 0. The summed E-state index contributed by atoms with van der Waals surface area (Å²) in [5.74, 6) is -0.425. The van der Waals surface area contributed by atoms with Crippen molar-refractivity contribution in [1.29, 1.82) is 0 Å². The summed E-state index contributed by atoms with van der Waals surface area (Å²) in [6.07, 6.45) is 0. The van der Waals surface area contributed by atoms with Gasteiger partial charge in [-0.15, -0.1) is 0 Å². The first-order valence-electron chi connectivity index (χ1n) is 5.88. The number of halogens is 1. The average molecular weight is 334 g/mol. The van der Waals surface area contributed by atoms with Gasteiger partial charge in [0, 0.05) is 16.8 Å². The molecule has 0 saturated carbocycles. The molecule has 0 aliphatic carbocycles. The molecule has 102 valence electrons. The topological polar surface area (TPSA) is 66.4 Å². The van der Waals surface area contributed by atoms with Gasteiger partial charge in [0.2, 0.25) is 0 Å². The van der Waals surface area contributed by atoms with Crippen LogP contribution in [0.1, 0.15) is 27.6 Å². The van der Waals surface area contributed by atoms with Crippen LogP contribution in [0.4, 0.5) is 5.69 Å². The molecular weight excluding hydrogens is 322 g/mol. The molecule has 4 nitrogen and oxygen atoms in total. The second-order valence-electron chi connectivity index (χ2n) is 4.26. The van der Waals surface area contributed by atoms with Crippen molar-refractivity contribution in [3.63, 3.8) is 0 Å². The molecule has 2 aromatic carbocycles. The van der Waals surface area contributed by atoms with Crippen LogP contribution in [0.2, 0.25) is 0 Å². The van der Waals surface area contributed by atoms with Gasteiger partial charge >= 0.3 is 0 Å². The van der Waals surface area contributed by atoms with Crippen LogP contribution in [0.5, 0.6) is 5.75 Å². The van der Waals surface area contributed by atoms with E-state index in [1.807, 2.05) is 0 Å². The van der Waals surface area contributed by atoms with Gasteiger partial charge in [0.1, 0.15) is 5.75 Å².